The fourth-order valence-electron chi connectivity index (χ4n) is 2.75. The number of carbonyl (C=O) groups excluding carboxylic acids is 1. The summed E-state index contributed by atoms with van der Waals surface area (Å²) in [6.45, 7) is 4.70. The molecule has 3 nitrogen and oxygen atoms in total. The Morgan fingerprint density at radius 1 is 1.37 bits per heavy atom. The molecule has 0 aliphatic carbocycles. The Morgan fingerprint density at radius 3 is 2.68 bits per heavy atom. The van der Waals surface area contributed by atoms with Crippen molar-refractivity contribution in [2.24, 2.45) is 5.73 Å². The molecule has 1 fully saturated rings. The molecule has 1 amide bonds. The smallest absolute Gasteiger partial charge is 0.224 e. The monoisotopic (exact) mass is 260 g/mol. The molecule has 0 aromatic heterocycles. The predicted octanol–water partition coefficient (Wildman–Crippen LogP) is 2.35. The molecule has 0 spiro atoms. The minimum absolute atomic E-state index is 0.200. The standard InChI is InChI=1S/C16H24N2O/c1-16(2,17)12-15(19)18-10-6-9-14(18)11-13-7-4-3-5-8-13/h3-5,7-8,14H,6,9-12,17H2,1-2H3. The van der Waals surface area contributed by atoms with Crippen LogP contribution in [0.4, 0.5) is 0 Å². The van der Waals surface area contributed by atoms with E-state index in [2.05, 4.69) is 24.3 Å². The van der Waals surface area contributed by atoms with E-state index in [0.29, 0.717) is 12.5 Å². The molecule has 3 heteroatoms. The third-order valence-corrected chi connectivity index (χ3v) is 3.62. The van der Waals surface area contributed by atoms with Crippen molar-refractivity contribution in [3.63, 3.8) is 0 Å². The molecule has 0 saturated carbocycles. The molecule has 1 aliphatic rings. The van der Waals surface area contributed by atoms with Crippen LogP contribution in [-0.4, -0.2) is 28.9 Å². The van der Waals surface area contributed by atoms with Gasteiger partial charge in [0.15, 0.2) is 0 Å². The molecule has 1 atom stereocenters. The van der Waals surface area contributed by atoms with E-state index in [1.807, 2.05) is 24.8 Å². The van der Waals surface area contributed by atoms with E-state index in [0.717, 1.165) is 25.8 Å². The quantitative estimate of drug-likeness (QED) is 0.903. The number of benzene rings is 1. The summed E-state index contributed by atoms with van der Waals surface area (Å²) in [6, 6.07) is 10.7. The van der Waals surface area contributed by atoms with E-state index in [9.17, 15) is 4.79 Å². The van der Waals surface area contributed by atoms with Crippen molar-refractivity contribution in [1.82, 2.24) is 4.90 Å². The lowest BCUT2D eigenvalue weighted by Crippen LogP contribution is -2.43. The molecule has 2 N–H and O–H groups in total. The van der Waals surface area contributed by atoms with Crippen LogP contribution < -0.4 is 5.73 Å². The molecule has 1 saturated heterocycles. The number of rotatable bonds is 4. The maximum absolute atomic E-state index is 12.3. The average Bonchev–Trinajstić information content (AvgIpc) is 2.76. The lowest BCUT2D eigenvalue weighted by atomic mass is 10.00. The fourth-order valence-corrected chi connectivity index (χ4v) is 2.75. The number of amides is 1. The molecule has 19 heavy (non-hydrogen) atoms. The van der Waals surface area contributed by atoms with Crippen molar-refractivity contribution in [3.05, 3.63) is 35.9 Å². The Kier molecular flexibility index (Phi) is 4.25. The first-order chi connectivity index (χ1) is 8.96. The van der Waals surface area contributed by atoms with Gasteiger partial charge >= 0.3 is 0 Å². The minimum atomic E-state index is -0.420. The van der Waals surface area contributed by atoms with E-state index in [4.69, 9.17) is 5.73 Å². The largest absolute Gasteiger partial charge is 0.339 e. The van der Waals surface area contributed by atoms with Gasteiger partial charge in [0.2, 0.25) is 5.91 Å². The van der Waals surface area contributed by atoms with Crippen LogP contribution >= 0.6 is 0 Å². The summed E-state index contributed by atoms with van der Waals surface area (Å²) in [7, 11) is 0. The van der Waals surface area contributed by atoms with Crippen LogP contribution in [0, 0.1) is 0 Å². The van der Waals surface area contributed by atoms with Gasteiger partial charge in [-0.3, -0.25) is 4.79 Å². The lowest BCUT2D eigenvalue weighted by molar-refractivity contribution is -0.133. The summed E-state index contributed by atoms with van der Waals surface area (Å²) in [5, 5.41) is 0. The fraction of sp³-hybridized carbons (Fsp3) is 0.562. The summed E-state index contributed by atoms with van der Waals surface area (Å²) in [5.74, 6) is 0.200. The van der Waals surface area contributed by atoms with Gasteiger partial charge in [-0.1, -0.05) is 30.3 Å². The van der Waals surface area contributed by atoms with Crippen molar-refractivity contribution >= 4 is 5.91 Å². The zero-order valence-electron chi connectivity index (χ0n) is 11.9. The topological polar surface area (TPSA) is 46.3 Å². The van der Waals surface area contributed by atoms with E-state index in [1.54, 1.807) is 0 Å². The highest BCUT2D eigenvalue weighted by Crippen LogP contribution is 2.23. The van der Waals surface area contributed by atoms with Crippen LogP contribution in [0.5, 0.6) is 0 Å². The molecular formula is C16H24N2O. The molecule has 1 aromatic rings. The maximum atomic E-state index is 12.3. The first-order valence-electron chi connectivity index (χ1n) is 7.08. The minimum Gasteiger partial charge on any atom is -0.339 e. The third kappa shape index (κ3) is 4.06. The third-order valence-electron chi connectivity index (χ3n) is 3.62. The first kappa shape index (κ1) is 14.1. The number of likely N-dealkylation sites (tertiary alicyclic amines) is 1. The molecule has 1 aromatic carbocycles. The number of nitrogens with two attached hydrogens (primary N) is 1. The summed E-state index contributed by atoms with van der Waals surface area (Å²) in [6.07, 6.45) is 3.59. The second-order valence-electron chi connectivity index (χ2n) is 6.24. The lowest BCUT2D eigenvalue weighted by Gasteiger charge is -2.28. The van der Waals surface area contributed by atoms with E-state index in [-0.39, 0.29) is 5.91 Å². The van der Waals surface area contributed by atoms with E-state index >= 15 is 0 Å². The number of hydrogen-bond acceptors (Lipinski definition) is 2. The maximum Gasteiger partial charge on any atom is 0.224 e. The van der Waals surface area contributed by atoms with Gasteiger partial charge in [0, 0.05) is 24.5 Å². The number of carbonyl (C=O) groups is 1. The van der Waals surface area contributed by atoms with Gasteiger partial charge in [-0.15, -0.1) is 0 Å². The Bertz CT molecular complexity index is 422. The molecule has 1 unspecified atom stereocenters. The van der Waals surface area contributed by atoms with Gasteiger partial charge < -0.3 is 10.6 Å². The molecule has 104 valence electrons. The van der Waals surface area contributed by atoms with Crippen LogP contribution in [0.1, 0.15) is 38.7 Å². The van der Waals surface area contributed by atoms with Crippen molar-refractivity contribution in [2.45, 2.75) is 51.1 Å². The van der Waals surface area contributed by atoms with Crippen molar-refractivity contribution in [3.8, 4) is 0 Å². The van der Waals surface area contributed by atoms with Crippen LogP contribution in [0.3, 0.4) is 0 Å². The first-order valence-corrected chi connectivity index (χ1v) is 7.08. The Morgan fingerprint density at radius 2 is 2.05 bits per heavy atom. The van der Waals surface area contributed by atoms with Crippen molar-refractivity contribution in [1.29, 1.82) is 0 Å². The predicted molar refractivity (Wildman–Crippen MR) is 77.8 cm³/mol. The SMILES string of the molecule is CC(C)(N)CC(=O)N1CCCC1Cc1ccccc1. The Labute approximate surface area is 115 Å². The highest BCUT2D eigenvalue weighted by molar-refractivity contribution is 5.78. The molecule has 1 heterocycles. The summed E-state index contributed by atoms with van der Waals surface area (Å²) < 4.78 is 0. The van der Waals surface area contributed by atoms with Crippen LogP contribution in [0.15, 0.2) is 30.3 Å². The number of nitrogens with zero attached hydrogens (tertiary/aromatic N) is 1. The second kappa shape index (κ2) is 5.74. The zero-order chi connectivity index (χ0) is 13.9. The zero-order valence-corrected chi connectivity index (χ0v) is 11.9. The summed E-state index contributed by atoms with van der Waals surface area (Å²) in [4.78, 5) is 14.3. The van der Waals surface area contributed by atoms with Crippen molar-refractivity contribution < 1.29 is 4.79 Å². The molecule has 2 rings (SSSR count). The van der Waals surface area contributed by atoms with E-state index < -0.39 is 5.54 Å². The Hall–Kier alpha value is -1.35. The van der Waals surface area contributed by atoms with E-state index in [1.165, 1.54) is 5.56 Å². The van der Waals surface area contributed by atoms with Gasteiger partial charge in [-0.05, 0) is 38.7 Å². The summed E-state index contributed by atoms with van der Waals surface area (Å²) >= 11 is 0. The second-order valence-corrected chi connectivity index (χ2v) is 6.24. The van der Waals surface area contributed by atoms with Crippen LogP contribution in [0.25, 0.3) is 0 Å². The Balaban J connectivity index is 1.99. The van der Waals surface area contributed by atoms with Gasteiger partial charge in [0.25, 0.3) is 0 Å². The van der Waals surface area contributed by atoms with Gasteiger partial charge in [-0.2, -0.15) is 0 Å². The molecule has 0 radical (unpaired) electrons. The highest BCUT2D eigenvalue weighted by Gasteiger charge is 2.30. The van der Waals surface area contributed by atoms with Gasteiger partial charge in [-0.25, -0.2) is 0 Å². The van der Waals surface area contributed by atoms with Crippen LogP contribution in [0.2, 0.25) is 0 Å². The van der Waals surface area contributed by atoms with Gasteiger partial charge in [0.1, 0.15) is 0 Å². The van der Waals surface area contributed by atoms with Crippen LogP contribution in [-0.2, 0) is 11.2 Å². The van der Waals surface area contributed by atoms with Crippen molar-refractivity contribution in [2.75, 3.05) is 6.54 Å². The average molecular weight is 260 g/mol. The molecule has 0 bridgehead atoms. The highest BCUT2D eigenvalue weighted by atomic mass is 16.2. The summed E-state index contributed by atoms with van der Waals surface area (Å²) in [5.41, 5.74) is 6.84. The van der Waals surface area contributed by atoms with Gasteiger partial charge in [0.05, 0.1) is 0 Å². The normalized spacial score (nSPS) is 19.7. The molecular weight excluding hydrogens is 236 g/mol. The molecule has 1 aliphatic heterocycles. The number of hydrogen-bond donors (Lipinski definition) is 1.